The van der Waals surface area contributed by atoms with Crippen LogP contribution in [0.3, 0.4) is 0 Å². The minimum Gasteiger partial charge on any atom is -0.392 e. The van der Waals surface area contributed by atoms with Crippen LogP contribution >= 0.6 is 0 Å². The summed E-state index contributed by atoms with van der Waals surface area (Å²) in [6.07, 6.45) is 3.61. The van der Waals surface area contributed by atoms with E-state index in [1.54, 1.807) is 6.08 Å². The van der Waals surface area contributed by atoms with Gasteiger partial charge in [-0.1, -0.05) is 42.5 Å². The Labute approximate surface area is 62.1 Å². The first-order chi connectivity index (χ1) is 4.93. The average Bonchev–Trinajstić information content (AvgIpc) is 2.03. The van der Waals surface area contributed by atoms with Gasteiger partial charge in [0.05, 0.1) is 6.61 Å². The van der Waals surface area contributed by atoms with Gasteiger partial charge in [0.1, 0.15) is 0 Å². The lowest BCUT2D eigenvalue weighted by Gasteiger charge is -1.88. The van der Waals surface area contributed by atoms with E-state index in [1.807, 2.05) is 36.4 Å². The summed E-state index contributed by atoms with van der Waals surface area (Å²) in [6.45, 7) is 0.106. The van der Waals surface area contributed by atoms with Crippen molar-refractivity contribution in [1.82, 2.24) is 0 Å². The van der Waals surface area contributed by atoms with Crippen molar-refractivity contribution in [2.24, 2.45) is 0 Å². The molecule has 1 nitrogen and oxygen atoms in total. The van der Waals surface area contributed by atoms with Gasteiger partial charge in [-0.05, 0) is 5.56 Å². The van der Waals surface area contributed by atoms with E-state index >= 15 is 0 Å². The van der Waals surface area contributed by atoms with Gasteiger partial charge < -0.3 is 5.11 Å². The maximum absolute atomic E-state index is 8.44. The lowest BCUT2D eigenvalue weighted by Crippen LogP contribution is -1.72. The van der Waals surface area contributed by atoms with Crippen LogP contribution < -0.4 is 0 Å². The van der Waals surface area contributed by atoms with Crippen molar-refractivity contribution in [2.45, 2.75) is 0 Å². The van der Waals surface area contributed by atoms with Crippen molar-refractivity contribution >= 4 is 6.08 Å². The highest BCUT2D eigenvalue weighted by Gasteiger charge is 1.79. The van der Waals surface area contributed by atoms with Crippen molar-refractivity contribution in [3.05, 3.63) is 42.0 Å². The molecular formula is C9H11O+. The zero-order chi connectivity index (χ0) is 7.23. The Morgan fingerprint density at radius 1 is 1.30 bits per heavy atom. The van der Waals surface area contributed by atoms with E-state index in [1.165, 1.54) is 0 Å². The van der Waals surface area contributed by atoms with Crippen LogP contribution in [0.4, 0.5) is 0 Å². The number of benzene rings is 1. The zero-order valence-corrected chi connectivity index (χ0v) is 5.70. The van der Waals surface area contributed by atoms with Crippen molar-refractivity contribution in [3.63, 3.8) is 0 Å². The minimum absolute atomic E-state index is 0. The normalized spacial score (nSPS) is 10.5. The van der Waals surface area contributed by atoms with Crippen LogP contribution in [-0.4, -0.2) is 11.7 Å². The highest BCUT2D eigenvalue weighted by Crippen LogP contribution is 1.99. The van der Waals surface area contributed by atoms with Gasteiger partial charge in [0.15, 0.2) is 0 Å². The molecule has 0 radical (unpaired) electrons. The molecule has 0 saturated carbocycles. The second kappa shape index (κ2) is 3.85. The molecule has 1 N–H and O–H groups in total. The summed E-state index contributed by atoms with van der Waals surface area (Å²) < 4.78 is 0. The SMILES string of the molecule is OC/C=C/c1ccccc1.[H+]. The van der Waals surface area contributed by atoms with Gasteiger partial charge in [-0.3, -0.25) is 0 Å². The van der Waals surface area contributed by atoms with E-state index in [0.29, 0.717) is 0 Å². The molecule has 10 heavy (non-hydrogen) atoms. The van der Waals surface area contributed by atoms with Crippen molar-refractivity contribution in [3.8, 4) is 0 Å². The molecular weight excluding hydrogens is 124 g/mol. The summed E-state index contributed by atoms with van der Waals surface area (Å²) in [6, 6.07) is 9.89. The van der Waals surface area contributed by atoms with Gasteiger partial charge >= 0.3 is 1.43 Å². The van der Waals surface area contributed by atoms with E-state index in [9.17, 15) is 0 Å². The number of hydrogen-bond acceptors (Lipinski definition) is 1. The van der Waals surface area contributed by atoms with E-state index in [0.717, 1.165) is 5.56 Å². The largest absolute Gasteiger partial charge is 1.00 e. The molecule has 1 heteroatoms. The monoisotopic (exact) mass is 135 g/mol. The third-order valence-corrected chi connectivity index (χ3v) is 1.22. The molecule has 0 saturated heterocycles. The van der Waals surface area contributed by atoms with Crippen LogP contribution in [0.15, 0.2) is 36.4 Å². The van der Waals surface area contributed by atoms with Crippen LogP contribution in [0.1, 0.15) is 6.99 Å². The summed E-state index contributed by atoms with van der Waals surface area (Å²) in [4.78, 5) is 0. The van der Waals surface area contributed by atoms with Gasteiger partial charge in [-0.25, -0.2) is 0 Å². The van der Waals surface area contributed by atoms with Crippen LogP contribution in [-0.2, 0) is 0 Å². The van der Waals surface area contributed by atoms with Crippen LogP contribution in [0, 0.1) is 0 Å². The summed E-state index contributed by atoms with van der Waals surface area (Å²) in [7, 11) is 0. The molecule has 0 aliphatic rings. The van der Waals surface area contributed by atoms with Gasteiger partial charge in [0.2, 0.25) is 0 Å². The average molecular weight is 135 g/mol. The molecule has 1 rings (SSSR count). The molecule has 0 aromatic heterocycles. The minimum atomic E-state index is 0. The second-order valence-electron chi connectivity index (χ2n) is 2.00. The molecule has 0 aliphatic carbocycles. The molecule has 0 unspecified atom stereocenters. The third kappa shape index (κ3) is 2.03. The van der Waals surface area contributed by atoms with Crippen LogP contribution in [0.25, 0.3) is 6.08 Å². The Kier molecular flexibility index (Phi) is 2.71. The Morgan fingerprint density at radius 3 is 2.60 bits per heavy atom. The molecule has 52 valence electrons. The third-order valence-electron chi connectivity index (χ3n) is 1.22. The number of hydrogen-bond donors (Lipinski definition) is 1. The maximum Gasteiger partial charge on any atom is 1.00 e. The molecule has 0 atom stereocenters. The summed E-state index contributed by atoms with van der Waals surface area (Å²) >= 11 is 0. The fourth-order valence-electron chi connectivity index (χ4n) is 0.753. The molecule has 0 spiro atoms. The quantitative estimate of drug-likeness (QED) is 0.655. The molecule has 1 aromatic rings. The molecule has 0 heterocycles. The van der Waals surface area contributed by atoms with E-state index < -0.39 is 0 Å². The van der Waals surface area contributed by atoms with Crippen molar-refractivity contribution in [1.29, 1.82) is 0 Å². The van der Waals surface area contributed by atoms with Crippen molar-refractivity contribution < 1.29 is 6.53 Å². The van der Waals surface area contributed by atoms with Gasteiger partial charge in [-0.15, -0.1) is 0 Å². The Bertz CT molecular complexity index is 206. The summed E-state index contributed by atoms with van der Waals surface area (Å²) in [5.41, 5.74) is 1.12. The highest BCUT2D eigenvalue weighted by atomic mass is 16.2. The van der Waals surface area contributed by atoms with Gasteiger partial charge in [0.25, 0.3) is 0 Å². The molecule has 0 fully saturated rings. The predicted molar refractivity (Wildman–Crippen MR) is 43.7 cm³/mol. The first kappa shape index (κ1) is 7.03. The molecule has 0 bridgehead atoms. The van der Waals surface area contributed by atoms with Crippen LogP contribution in [0.2, 0.25) is 0 Å². The van der Waals surface area contributed by atoms with Crippen molar-refractivity contribution in [2.75, 3.05) is 6.61 Å². The predicted octanol–water partition coefficient (Wildman–Crippen LogP) is 1.80. The fraction of sp³-hybridized carbons (Fsp3) is 0.111. The van der Waals surface area contributed by atoms with Crippen LogP contribution in [0.5, 0.6) is 0 Å². The van der Waals surface area contributed by atoms with E-state index in [2.05, 4.69) is 0 Å². The van der Waals surface area contributed by atoms with Gasteiger partial charge in [0, 0.05) is 0 Å². The molecule has 0 aliphatic heterocycles. The summed E-state index contributed by atoms with van der Waals surface area (Å²) in [5.74, 6) is 0. The second-order valence-corrected chi connectivity index (χ2v) is 2.00. The van der Waals surface area contributed by atoms with E-state index in [-0.39, 0.29) is 8.03 Å². The molecule has 0 amide bonds. The Morgan fingerprint density at radius 2 is 2.00 bits per heavy atom. The number of rotatable bonds is 2. The maximum atomic E-state index is 8.44. The highest BCUT2D eigenvalue weighted by molar-refractivity contribution is 5.48. The first-order valence-electron chi connectivity index (χ1n) is 3.26. The number of aliphatic hydroxyl groups is 1. The lowest BCUT2D eigenvalue weighted by molar-refractivity contribution is 0.343. The standard InChI is InChI=1S/C9H10O/c10-8-4-7-9-5-2-1-3-6-9/h1-7,10H,8H2/p+1/b7-4+. The lowest BCUT2D eigenvalue weighted by atomic mass is 10.2. The first-order valence-corrected chi connectivity index (χ1v) is 3.26. The van der Waals surface area contributed by atoms with Gasteiger partial charge in [-0.2, -0.15) is 0 Å². The molecule has 1 aromatic carbocycles. The van der Waals surface area contributed by atoms with E-state index in [4.69, 9.17) is 5.11 Å². The fourth-order valence-corrected chi connectivity index (χ4v) is 0.753. The zero-order valence-electron chi connectivity index (χ0n) is 6.70. The Hall–Kier alpha value is -1.08. The Balaban J connectivity index is 0.000001000. The summed E-state index contributed by atoms with van der Waals surface area (Å²) in [5, 5.41) is 8.44. The topological polar surface area (TPSA) is 20.2 Å². The smallest absolute Gasteiger partial charge is 0.392 e. The number of aliphatic hydroxyl groups excluding tert-OH is 1.